The van der Waals surface area contributed by atoms with Crippen LogP contribution < -0.4 is 0 Å². The largest absolute Gasteiger partial charge is 0.477 e. The van der Waals surface area contributed by atoms with Crippen molar-refractivity contribution in [3.63, 3.8) is 0 Å². The van der Waals surface area contributed by atoms with E-state index in [1.54, 1.807) is 0 Å². The molecular weight excluding hydrogens is 253 g/mol. The van der Waals surface area contributed by atoms with Crippen molar-refractivity contribution in [2.45, 2.75) is 0 Å². The second-order valence-corrected chi connectivity index (χ2v) is 4.43. The van der Waals surface area contributed by atoms with Gasteiger partial charge in [0.2, 0.25) is 0 Å². The fraction of sp³-hybridized carbons (Fsp3) is 0. The van der Waals surface area contributed by atoms with Gasteiger partial charge in [0, 0.05) is 10.6 Å². The zero-order valence-corrected chi connectivity index (χ0v) is 9.35. The molecule has 82 valence electrons. The van der Waals surface area contributed by atoms with E-state index in [1.807, 2.05) is 0 Å². The Bertz CT molecular complexity index is 556. The van der Waals surface area contributed by atoms with Gasteiger partial charge in [0.1, 0.15) is 15.7 Å². The number of aromatic nitrogens is 1. The molecule has 3 nitrogen and oxygen atoms in total. The molecule has 1 heterocycles. The monoisotopic (exact) mass is 257 g/mol. The molecule has 0 fully saturated rings. The molecule has 0 atom stereocenters. The Balaban J connectivity index is 2.46. The van der Waals surface area contributed by atoms with Gasteiger partial charge in [-0.25, -0.2) is 14.2 Å². The topological polar surface area (TPSA) is 50.2 Å². The summed E-state index contributed by atoms with van der Waals surface area (Å²) in [5.41, 5.74) is 0.252. The lowest BCUT2D eigenvalue weighted by atomic mass is 10.2. The smallest absolute Gasteiger partial charge is 0.347 e. The molecule has 0 bridgehead atoms. The van der Waals surface area contributed by atoms with E-state index in [1.165, 1.54) is 24.4 Å². The second kappa shape index (κ2) is 4.19. The van der Waals surface area contributed by atoms with E-state index in [0.717, 1.165) is 11.3 Å². The van der Waals surface area contributed by atoms with Crippen molar-refractivity contribution < 1.29 is 14.3 Å². The maximum atomic E-state index is 13.5. The summed E-state index contributed by atoms with van der Waals surface area (Å²) in [6, 6.07) is 4.17. The summed E-state index contributed by atoms with van der Waals surface area (Å²) >= 11 is 6.53. The summed E-state index contributed by atoms with van der Waals surface area (Å²) in [4.78, 5) is 14.6. The number of benzene rings is 1. The lowest BCUT2D eigenvalue weighted by Crippen LogP contribution is -1.89. The molecule has 0 unspecified atom stereocenters. The summed E-state index contributed by atoms with van der Waals surface area (Å²) < 4.78 is 13.5. The van der Waals surface area contributed by atoms with Crippen molar-refractivity contribution in [1.82, 2.24) is 4.98 Å². The Labute approximate surface area is 99.1 Å². The number of halogens is 2. The van der Waals surface area contributed by atoms with E-state index in [2.05, 4.69) is 4.98 Å². The Morgan fingerprint density at radius 3 is 2.81 bits per heavy atom. The van der Waals surface area contributed by atoms with Crippen molar-refractivity contribution in [2.24, 2.45) is 0 Å². The van der Waals surface area contributed by atoms with Crippen LogP contribution in [0.1, 0.15) is 9.67 Å². The normalized spacial score (nSPS) is 10.4. The first-order valence-corrected chi connectivity index (χ1v) is 5.42. The van der Waals surface area contributed by atoms with Crippen molar-refractivity contribution in [3.8, 4) is 10.6 Å². The van der Waals surface area contributed by atoms with Gasteiger partial charge < -0.3 is 5.11 Å². The van der Waals surface area contributed by atoms with E-state index in [0.29, 0.717) is 5.01 Å². The van der Waals surface area contributed by atoms with Crippen LogP contribution in [0.2, 0.25) is 5.02 Å². The van der Waals surface area contributed by atoms with Crippen LogP contribution in [0.4, 0.5) is 4.39 Å². The number of thiazole rings is 1. The predicted octanol–water partition coefficient (Wildman–Crippen LogP) is 3.30. The molecular formula is C10H5ClFNO2S. The lowest BCUT2D eigenvalue weighted by Gasteiger charge is -1.98. The van der Waals surface area contributed by atoms with Crippen LogP contribution in [0.15, 0.2) is 24.4 Å². The van der Waals surface area contributed by atoms with Crippen LogP contribution in [0.25, 0.3) is 10.6 Å². The molecule has 1 aromatic heterocycles. The highest BCUT2D eigenvalue weighted by atomic mass is 35.5. The standard InChI is InChI=1S/C10H5ClFNO2S/c11-5-1-2-6(7(12)3-5)9-13-4-8(16-9)10(14)15/h1-4H,(H,14,15). The van der Waals surface area contributed by atoms with E-state index in [9.17, 15) is 9.18 Å². The van der Waals surface area contributed by atoms with Gasteiger partial charge in [-0.05, 0) is 18.2 Å². The predicted molar refractivity (Wildman–Crippen MR) is 59.5 cm³/mol. The number of aromatic carboxylic acids is 1. The Kier molecular flexibility index (Phi) is 2.89. The van der Waals surface area contributed by atoms with Crippen molar-refractivity contribution >= 4 is 28.9 Å². The number of carboxylic acids is 1. The van der Waals surface area contributed by atoms with Crippen LogP contribution >= 0.6 is 22.9 Å². The fourth-order valence-electron chi connectivity index (χ4n) is 1.16. The summed E-state index contributed by atoms with van der Waals surface area (Å²) in [6.07, 6.45) is 1.20. The van der Waals surface area contributed by atoms with Gasteiger partial charge in [-0.3, -0.25) is 0 Å². The fourth-order valence-corrected chi connectivity index (χ4v) is 2.10. The molecule has 2 rings (SSSR count). The summed E-state index contributed by atoms with van der Waals surface area (Å²) in [5, 5.41) is 9.33. The molecule has 0 radical (unpaired) electrons. The quantitative estimate of drug-likeness (QED) is 0.898. The van der Waals surface area contributed by atoms with E-state index >= 15 is 0 Å². The minimum Gasteiger partial charge on any atom is -0.477 e. The maximum absolute atomic E-state index is 13.5. The summed E-state index contributed by atoms with van der Waals surface area (Å²) in [6.45, 7) is 0. The number of nitrogens with zero attached hydrogens (tertiary/aromatic N) is 1. The van der Waals surface area contributed by atoms with Gasteiger partial charge >= 0.3 is 5.97 Å². The Hall–Kier alpha value is -1.46. The first kappa shape index (κ1) is 11.0. The van der Waals surface area contributed by atoms with Crippen molar-refractivity contribution in [3.05, 3.63) is 40.1 Å². The molecule has 1 N–H and O–H groups in total. The third-order valence-corrected chi connectivity index (χ3v) is 3.13. The van der Waals surface area contributed by atoms with Gasteiger partial charge in [-0.15, -0.1) is 11.3 Å². The number of carbonyl (C=O) groups is 1. The number of hydrogen-bond donors (Lipinski definition) is 1. The molecule has 6 heteroatoms. The van der Waals surface area contributed by atoms with Crippen LogP contribution in [-0.2, 0) is 0 Å². The third kappa shape index (κ3) is 2.05. The van der Waals surface area contributed by atoms with Crippen LogP contribution in [0.5, 0.6) is 0 Å². The molecule has 0 saturated heterocycles. The average molecular weight is 258 g/mol. The first-order chi connectivity index (χ1) is 7.58. The minimum absolute atomic E-state index is 0.0735. The zero-order chi connectivity index (χ0) is 11.7. The van der Waals surface area contributed by atoms with E-state index in [4.69, 9.17) is 16.7 Å². The Morgan fingerprint density at radius 2 is 2.25 bits per heavy atom. The number of rotatable bonds is 2. The second-order valence-electron chi connectivity index (χ2n) is 2.96. The molecule has 0 saturated carbocycles. The van der Waals surface area contributed by atoms with Crippen LogP contribution in [0, 0.1) is 5.82 Å². The molecule has 0 aliphatic heterocycles. The minimum atomic E-state index is -1.07. The molecule has 0 aliphatic carbocycles. The van der Waals surface area contributed by atoms with Gasteiger partial charge in [0.25, 0.3) is 0 Å². The molecule has 0 spiro atoms. The summed E-state index contributed by atoms with van der Waals surface area (Å²) in [5.74, 6) is -1.59. The molecule has 0 amide bonds. The van der Waals surface area contributed by atoms with Crippen LogP contribution in [-0.4, -0.2) is 16.1 Å². The van der Waals surface area contributed by atoms with E-state index in [-0.39, 0.29) is 15.5 Å². The van der Waals surface area contributed by atoms with Crippen LogP contribution in [0.3, 0.4) is 0 Å². The molecule has 0 aliphatic rings. The molecule has 16 heavy (non-hydrogen) atoms. The third-order valence-electron chi connectivity index (χ3n) is 1.88. The van der Waals surface area contributed by atoms with Gasteiger partial charge in [-0.2, -0.15) is 0 Å². The van der Waals surface area contributed by atoms with Gasteiger partial charge in [-0.1, -0.05) is 11.6 Å². The highest BCUT2D eigenvalue weighted by Gasteiger charge is 2.13. The molecule has 1 aromatic carbocycles. The number of hydrogen-bond acceptors (Lipinski definition) is 3. The van der Waals surface area contributed by atoms with Gasteiger partial charge in [0.05, 0.1) is 6.20 Å². The maximum Gasteiger partial charge on any atom is 0.347 e. The highest BCUT2D eigenvalue weighted by molar-refractivity contribution is 7.16. The summed E-state index contributed by atoms with van der Waals surface area (Å²) in [7, 11) is 0. The molecule has 2 aromatic rings. The highest BCUT2D eigenvalue weighted by Crippen LogP contribution is 2.28. The lowest BCUT2D eigenvalue weighted by molar-refractivity contribution is 0.0702. The average Bonchev–Trinajstić information content (AvgIpc) is 2.66. The van der Waals surface area contributed by atoms with Crippen molar-refractivity contribution in [2.75, 3.05) is 0 Å². The van der Waals surface area contributed by atoms with E-state index < -0.39 is 11.8 Å². The first-order valence-electron chi connectivity index (χ1n) is 4.22. The Morgan fingerprint density at radius 1 is 1.50 bits per heavy atom. The van der Waals surface area contributed by atoms with Gasteiger partial charge in [0.15, 0.2) is 0 Å². The SMILES string of the molecule is O=C(O)c1cnc(-c2ccc(Cl)cc2F)s1. The zero-order valence-electron chi connectivity index (χ0n) is 7.78. The number of carboxylic acid groups (broad SMARTS) is 1. The van der Waals surface area contributed by atoms with Crippen molar-refractivity contribution in [1.29, 1.82) is 0 Å².